The van der Waals surface area contributed by atoms with E-state index in [-0.39, 0.29) is 0 Å². The van der Waals surface area contributed by atoms with Crippen LogP contribution in [0.2, 0.25) is 0 Å². The fraction of sp³-hybridized carbons (Fsp3) is 0.258. The number of rotatable bonds is 4. The SMILES string of the molecule is [2H]C([2H])([2H])C(c1ccnc(-c2cccc3c2oc2cc(-c4ccccc4)ccc23)c1)(C1CCCC1)C([2H])([2H])[2H]. The molecule has 0 aliphatic heterocycles. The van der Waals surface area contributed by atoms with Crippen LogP contribution in [0, 0.1) is 5.92 Å². The first-order chi connectivity index (χ1) is 18.6. The van der Waals surface area contributed by atoms with E-state index in [1.165, 1.54) is 6.20 Å². The molecule has 3 aromatic carbocycles. The van der Waals surface area contributed by atoms with Gasteiger partial charge in [-0.25, -0.2) is 0 Å². The Labute approximate surface area is 203 Å². The van der Waals surface area contributed by atoms with Gasteiger partial charge in [0.05, 0.1) is 5.69 Å². The van der Waals surface area contributed by atoms with Gasteiger partial charge in [-0.15, -0.1) is 0 Å². The maximum absolute atomic E-state index is 8.50. The highest BCUT2D eigenvalue weighted by Crippen LogP contribution is 2.43. The minimum atomic E-state index is -2.72. The first kappa shape index (κ1) is 14.7. The summed E-state index contributed by atoms with van der Waals surface area (Å²) in [5.41, 5.74) is 3.02. The highest BCUT2D eigenvalue weighted by molar-refractivity contribution is 6.10. The van der Waals surface area contributed by atoms with Gasteiger partial charge in [0.1, 0.15) is 11.2 Å². The minimum absolute atomic E-state index is 0.291. The van der Waals surface area contributed by atoms with Crippen molar-refractivity contribution in [3.05, 3.63) is 90.6 Å². The predicted octanol–water partition coefficient (Wildman–Crippen LogP) is 8.78. The Kier molecular flexibility index (Phi) is 3.51. The summed E-state index contributed by atoms with van der Waals surface area (Å²) < 4.78 is 57.4. The molecule has 0 amide bonds. The molecule has 0 radical (unpaired) electrons. The van der Waals surface area contributed by atoms with Gasteiger partial charge >= 0.3 is 0 Å². The molecule has 0 N–H and O–H groups in total. The summed E-state index contributed by atoms with van der Waals surface area (Å²) in [7, 11) is 0. The predicted molar refractivity (Wildman–Crippen MR) is 137 cm³/mol. The van der Waals surface area contributed by atoms with Gasteiger partial charge in [0.15, 0.2) is 0 Å². The number of nitrogens with zero attached hydrogens (tertiary/aromatic N) is 1. The molecule has 1 fully saturated rings. The lowest BCUT2D eigenvalue weighted by atomic mass is 9.72. The van der Waals surface area contributed by atoms with Crippen molar-refractivity contribution in [1.82, 2.24) is 4.98 Å². The van der Waals surface area contributed by atoms with Crippen molar-refractivity contribution in [3.63, 3.8) is 0 Å². The van der Waals surface area contributed by atoms with Gasteiger partial charge < -0.3 is 4.42 Å². The van der Waals surface area contributed by atoms with Crippen LogP contribution in [-0.2, 0) is 5.41 Å². The Bertz CT molecular complexity index is 1630. The van der Waals surface area contributed by atoms with Crippen LogP contribution in [-0.4, -0.2) is 4.98 Å². The van der Waals surface area contributed by atoms with Gasteiger partial charge in [-0.3, -0.25) is 4.98 Å². The van der Waals surface area contributed by atoms with Gasteiger partial charge in [-0.2, -0.15) is 0 Å². The lowest BCUT2D eigenvalue weighted by molar-refractivity contribution is 0.325. The minimum Gasteiger partial charge on any atom is -0.455 e. The van der Waals surface area contributed by atoms with Crippen LogP contribution in [0.3, 0.4) is 0 Å². The molecule has 0 saturated heterocycles. The lowest BCUT2D eigenvalue weighted by Crippen LogP contribution is -2.26. The van der Waals surface area contributed by atoms with Crippen molar-refractivity contribution in [2.45, 2.75) is 44.8 Å². The summed E-state index contributed by atoms with van der Waals surface area (Å²) in [5.74, 6) is -0.467. The number of furan rings is 1. The largest absolute Gasteiger partial charge is 0.455 e. The average Bonchev–Trinajstić information content (AvgIpc) is 3.56. The number of para-hydroxylation sites is 1. The maximum Gasteiger partial charge on any atom is 0.144 e. The number of pyridine rings is 1. The molecule has 0 unspecified atom stereocenters. The fourth-order valence-electron chi connectivity index (χ4n) is 5.23. The smallest absolute Gasteiger partial charge is 0.144 e. The van der Waals surface area contributed by atoms with Crippen LogP contribution in [0.1, 0.15) is 53.2 Å². The standard InChI is InChI=1S/C31H29NO/c1-31(2,23-11-6-7-12-23)24-17-18-32-28(20-24)27-14-8-13-26-25-16-15-22(19-29(25)33-30(26)27)21-9-4-3-5-10-21/h3-5,8-10,13-20,23H,6-7,11-12H2,1-2H3/i1D3,2D3. The summed E-state index contributed by atoms with van der Waals surface area (Å²) in [6.07, 6.45) is 4.36. The number of fused-ring (bicyclic) bond motifs is 3. The Morgan fingerprint density at radius 1 is 0.848 bits per heavy atom. The summed E-state index contributed by atoms with van der Waals surface area (Å²) in [5, 5.41) is 1.89. The third kappa shape index (κ3) is 3.45. The molecule has 5 aromatic rings. The monoisotopic (exact) mass is 437 g/mol. The molecular formula is C31H29NO. The fourth-order valence-corrected chi connectivity index (χ4v) is 5.23. The normalized spacial score (nSPS) is 18.4. The van der Waals surface area contributed by atoms with Gasteiger partial charge in [0, 0.05) is 30.8 Å². The molecule has 1 aliphatic carbocycles. The van der Waals surface area contributed by atoms with E-state index in [9.17, 15) is 0 Å². The topological polar surface area (TPSA) is 26.0 Å². The zero-order valence-corrected chi connectivity index (χ0v) is 18.3. The van der Waals surface area contributed by atoms with Crippen molar-refractivity contribution in [2.24, 2.45) is 5.92 Å². The second-order valence-electron chi connectivity index (χ2n) is 9.08. The highest BCUT2D eigenvalue weighted by Gasteiger charge is 2.33. The number of aromatic nitrogens is 1. The molecule has 2 heterocycles. The van der Waals surface area contributed by atoms with Crippen LogP contribution in [0.25, 0.3) is 44.3 Å². The van der Waals surface area contributed by atoms with E-state index in [4.69, 9.17) is 12.6 Å². The van der Waals surface area contributed by atoms with E-state index in [0.29, 0.717) is 35.2 Å². The van der Waals surface area contributed by atoms with Crippen molar-refractivity contribution in [1.29, 1.82) is 0 Å². The molecule has 0 spiro atoms. The molecule has 6 rings (SSSR count). The van der Waals surface area contributed by atoms with Crippen molar-refractivity contribution in [3.8, 4) is 22.4 Å². The molecule has 2 nitrogen and oxygen atoms in total. The van der Waals surface area contributed by atoms with Crippen molar-refractivity contribution in [2.75, 3.05) is 0 Å². The Morgan fingerprint density at radius 2 is 1.70 bits per heavy atom. The van der Waals surface area contributed by atoms with Crippen molar-refractivity contribution >= 4 is 21.9 Å². The first-order valence-corrected chi connectivity index (χ1v) is 11.6. The lowest BCUT2D eigenvalue weighted by Gasteiger charge is -2.32. The number of benzene rings is 3. The Balaban J connectivity index is 1.53. The van der Waals surface area contributed by atoms with Crippen LogP contribution >= 0.6 is 0 Å². The first-order valence-electron chi connectivity index (χ1n) is 14.6. The molecule has 1 saturated carbocycles. The van der Waals surface area contributed by atoms with E-state index in [0.717, 1.165) is 40.3 Å². The second-order valence-corrected chi connectivity index (χ2v) is 9.08. The molecule has 0 atom stereocenters. The zero-order chi connectivity index (χ0) is 27.4. The van der Waals surface area contributed by atoms with E-state index in [1.807, 2.05) is 48.5 Å². The van der Waals surface area contributed by atoms with Crippen LogP contribution in [0.5, 0.6) is 0 Å². The number of hydrogen-bond acceptors (Lipinski definition) is 2. The van der Waals surface area contributed by atoms with E-state index in [2.05, 4.69) is 23.2 Å². The third-order valence-corrected chi connectivity index (χ3v) is 7.06. The molecule has 2 heteroatoms. The molecule has 1 aliphatic rings. The summed E-state index contributed by atoms with van der Waals surface area (Å²) in [6, 6.07) is 25.3. The van der Waals surface area contributed by atoms with Gasteiger partial charge in [0.2, 0.25) is 0 Å². The molecule has 2 aromatic heterocycles. The molecule has 0 bridgehead atoms. The van der Waals surface area contributed by atoms with Gasteiger partial charge in [-0.1, -0.05) is 75.1 Å². The quantitative estimate of drug-likeness (QED) is 0.281. The average molecular weight is 438 g/mol. The zero-order valence-electron chi connectivity index (χ0n) is 24.3. The van der Waals surface area contributed by atoms with Crippen molar-refractivity contribution < 1.29 is 12.6 Å². The van der Waals surface area contributed by atoms with Gasteiger partial charge in [0.25, 0.3) is 0 Å². The Morgan fingerprint density at radius 3 is 2.52 bits per heavy atom. The van der Waals surface area contributed by atoms with Gasteiger partial charge in [-0.05, 0) is 71.2 Å². The van der Waals surface area contributed by atoms with Crippen LogP contribution in [0.4, 0.5) is 0 Å². The molecule has 164 valence electrons. The molecule has 33 heavy (non-hydrogen) atoms. The second kappa shape index (κ2) is 7.88. The summed E-state index contributed by atoms with van der Waals surface area (Å²) in [6.45, 7) is -5.43. The van der Waals surface area contributed by atoms with Crippen LogP contribution in [0.15, 0.2) is 89.5 Å². The summed E-state index contributed by atoms with van der Waals surface area (Å²) >= 11 is 0. The highest BCUT2D eigenvalue weighted by atomic mass is 16.3. The van der Waals surface area contributed by atoms with E-state index >= 15 is 0 Å². The third-order valence-electron chi connectivity index (χ3n) is 7.06. The van der Waals surface area contributed by atoms with Crippen LogP contribution < -0.4 is 0 Å². The molecular weight excluding hydrogens is 402 g/mol. The van der Waals surface area contributed by atoms with E-state index in [1.54, 1.807) is 12.1 Å². The maximum atomic E-state index is 8.50. The number of hydrogen-bond donors (Lipinski definition) is 0. The summed E-state index contributed by atoms with van der Waals surface area (Å²) in [4.78, 5) is 4.57. The van der Waals surface area contributed by atoms with E-state index < -0.39 is 25.0 Å². The Hall–Kier alpha value is -3.39.